The number of hydrogen-bond donors (Lipinski definition) is 1. The maximum atomic E-state index is 14.0. The Balaban J connectivity index is 2.37. The predicted octanol–water partition coefficient (Wildman–Crippen LogP) is 6.91. The van der Waals surface area contributed by atoms with Crippen LogP contribution in [0.25, 0.3) is 6.08 Å². The predicted molar refractivity (Wildman–Crippen MR) is 100.0 cm³/mol. The number of carbonyl (C=O) groups is 1. The first-order valence-electron chi connectivity index (χ1n) is 7.13. The molecule has 0 aliphatic heterocycles. The zero-order chi connectivity index (χ0) is 18.8. The maximum absolute atomic E-state index is 14.0. The van der Waals surface area contributed by atoms with E-state index >= 15 is 0 Å². The molecule has 132 valence electrons. The Morgan fingerprint density at radius 2 is 1.88 bits per heavy atom. The van der Waals surface area contributed by atoms with Gasteiger partial charge in [-0.25, -0.2) is 13.6 Å². The maximum Gasteiger partial charge on any atom is 0.336 e. The molecular weight excluding hydrogens is 437 g/mol. The van der Waals surface area contributed by atoms with Crippen LogP contribution in [-0.4, -0.2) is 17.0 Å². The first-order valence-corrected chi connectivity index (χ1v) is 8.68. The highest BCUT2D eigenvalue weighted by Crippen LogP contribution is 2.37. The highest BCUT2D eigenvalue weighted by molar-refractivity contribution is 9.10. The third-order valence-electron chi connectivity index (χ3n) is 3.55. The van der Waals surface area contributed by atoms with E-state index in [1.54, 1.807) is 12.1 Å². The first-order chi connectivity index (χ1) is 11.6. The quantitative estimate of drug-likeness (QED) is 0.538. The molecule has 0 saturated carbocycles. The van der Waals surface area contributed by atoms with E-state index in [-0.39, 0.29) is 10.6 Å². The summed E-state index contributed by atoms with van der Waals surface area (Å²) in [5, 5.41) is 9.50. The monoisotopic (exact) mass is 448 g/mol. The SMILES string of the molecule is CC(F)(F)C(/C=C/c1ccc(C(=O)O)c(Br)c1)c1ccc(Cl)c(Cl)c1. The first kappa shape index (κ1) is 19.9. The van der Waals surface area contributed by atoms with Gasteiger partial charge in [0.15, 0.2) is 0 Å². The minimum atomic E-state index is -3.02. The molecule has 2 nitrogen and oxygen atoms in total. The number of carboxylic acids is 1. The van der Waals surface area contributed by atoms with Crippen LogP contribution < -0.4 is 0 Å². The molecule has 0 aliphatic carbocycles. The average molecular weight is 450 g/mol. The van der Waals surface area contributed by atoms with Gasteiger partial charge in [0.25, 0.3) is 5.92 Å². The van der Waals surface area contributed by atoms with Crippen molar-refractivity contribution in [2.75, 3.05) is 0 Å². The van der Waals surface area contributed by atoms with E-state index in [0.29, 0.717) is 20.6 Å². The molecule has 0 aliphatic rings. The molecular formula is C18H13BrCl2F2O2. The lowest BCUT2D eigenvalue weighted by Crippen LogP contribution is -2.20. The van der Waals surface area contributed by atoms with Crippen LogP contribution in [0.4, 0.5) is 8.78 Å². The van der Waals surface area contributed by atoms with Crippen LogP contribution in [0.1, 0.15) is 34.3 Å². The molecule has 1 atom stereocenters. The molecule has 2 aromatic rings. The van der Waals surface area contributed by atoms with Crippen molar-refractivity contribution >= 4 is 51.2 Å². The second-order valence-electron chi connectivity index (χ2n) is 5.51. The lowest BCUT2D eigenvalue weighted by Gasteiger charge is -2.21. The molecule has 0 amide bonds. The third-order valence-corrected chi connectivity index (χ3v) is 4.95. The summed E-state index contributed by atoms with van der Waals surface area (Å²) in [6.45, 7) is 0.827. The van der Waals surface area contributed by atoms with Crippen molar-refractivity contribution in [1.82, 2.24) is 0 Å². The fraction of sp³-hybridized carbons (Fsp3) is 0.167. The van der Waals surface area contributed by atoms with Crippen LogP contribution in [0, 0.1) is 0 Å². The molecule has 0 saturated heterocycles. The summed E-state index contributed by atoms with van der Waals surface area (Å²) in [6, 6.07) is 8.91. The number of hydrogen-bond acceptors (Lipinski definition) is 1. The summed E-state index contributed by atoms with van der Waals surface area (Å²) in [6.07, 6.45) is 2.88. The van der Waals surface area contributed by atoms with Gasteiger partial charge in [-0.3, -0.25) is 0 Å². The molecule has 1 unspecified atom stereocenters. The van der Waals surface area contributed by atoms with Crippen LogP contribution >= 0.6 is 39.1 Å². The molecule has 0 bridgehead atoms. The van der Waals surface area contributed by atoms with Gasteiger partial charge in [0, 0.05) is 11.4 Å². The molecule has 2 rings (SSSR count). The van der Waals surface area contributed by atoms with E-state index in [4.69, 9.17) is 28.3 Å². The summed E-state index contributed by atoms with van der Waals surface area (Å²) in [4.78, 5) is 11.0. The van der Waals surface area contributed by atoms with Crippen molar-refractivity contribution in [3.8, 4) is 0 Å². The topological polar surface area (TPSA) is 37.3 Å². The van der Waals surface area contributed by atoms with Crippen molar-refractivity contribution in [3.63, 3.8) is 0 Å². The molecule has 0 heterocycles. The number of carboxylic acid groups (broad SMARTS) is 1. The largest absolute Gasteiger partial charge is 0.478 e. The Kier molecular flexibility index (Phi) is 6.25. The lowest BCUT2D eigenvalue weighted by atomic mass is 9.92. The fourth-order valence-corrected chi connectivity index (χ4v) is 3.17. The molecule has 2 aromatic carbocycles. The van der Waals surface area contributed by atoms with Gasteiger partial charge in [-0.15, -0.1) is 0 Å². The smallest absolute Gasteiger partial charge is 0.336 e. The molecule has 0 spiro atoms. The van der Waals surface area contributed by atoms with Crippen molar-refractivity contribution in [1.29, 1.82) is 0 Å². The van der Waals surface area contributed by atoms with E-state index in [1.807, 2.05) is 0 Å². The fourth-order valence-electron chi connectivity index (χ4n) is 2.29. The van der Waals surface area contributed by atoms with Crippen molar-refractivity contribution in [2.24, 2.45) is 0 Å². The second kappa shape index (κ2) is 7.85. The molecule has 25 heavy (non-hydrogen) atoms. The summed E-state index contributed by atoms with van der Waals surface area (Å²) in [5.41, 5.74) is 1.02. The Morgan fingerprint density at radius 3 is 2.40 bits per heavy atom. The standard InChI is InChI=1S/C18H13BrCl2F2O2/c1-18(22,23)13(11-4-7-15(20)16(21)9-11)6-3-10-2-5-12(17(24)25)14(19)8-10/h2-9,13H,1H3,(H,24,25)/b6-3+. The number of halogens is 5. The zero-order valence-electron chi connectivity index (χ0n) is 12.9. The Labute approximate surface area is 162 Å². The average Bonchev–Trinajstić information content (AvgIpc) is 2.49. The van der Waals surface area contributed by atoms with Gasteiger partial charge < -0.3 is 5.11 Å². The Hall–Kier alpha value is -1.43. The summed E-state index contributed by atoms with van der Waals surface area (Å²) in [7, 11) is 0. The van der Waals surface area contributed by atoms with E-state index in [1.165, 1.54) is 36.4 Å². The third kappa shape index (κ3) is 5.03. The van der Waals surface area contributed by atoms with Gasteiger partial charge in [0.2, 0.25) is 0 Å². The van der Waals surface area contributed by atoms with Crippen molar-refractivity contribution < 1.29 is 18.7 Å². The van der Waals surface area contributed by atoms with Gasteiger partial charge in [0.1, 0.15) is 0 Å². The number of benzene rings is 2. The van der Waals surface area contributed by atoms with Crippen molar-refractivity contribution in [2.45, 2.75) is 18.8 Å². The molecule has 0 radical (unpaired) electrons. The van der Waals surface area contributed by atoms with E-state index in [0.717, 1.165) is 6.92 Å². The number of allylic oxidation sites excluding steroid dienone is 1. The zero-order valence-corrected chi connectivity index (χ0v) is 16.0. The number of rotatable bonds is 5. The van der Waals surface area contributed by atoms with Crippen LogP contribution in [0.2, 0.25) is 10.0 Å². The summed E-state index contributed by atoms with van der Waals surface area (Å²) in [5.74, 6) is -5.30. The van der Waals surface area contributed by atoms with E-state index in [2.05, 4.69) is 15.9 Å². The van der Waals surface area contributed by atoms with Crippen LogP contribution in [0.5, 0.6) is 0 Å². The minimum absolute atomic E-state index is 0.0963. The number of alkyl halides is 2. The number of aromatic carboxylic acids is 1. The molecule has 7 heteroatoms. The van der Waals surface area contributed by atoms with Gasteiger partial charge in [-0.05, 0) is 51.3 Å². The van der Waals surface area contributed by atoms with E-state index < -0.39 is 17.8 Å². The molecule has 1 N–H and O–H groups in total. The van der Waals surface area contributed by atoms with Crippen LogP contribution in [0.3, 0.4) is 0 Å². The molecule has 0 aromatic heterocycles. The van der Waals surface area contributed by atoms with Gasteiger partial charge in [0.05, 0.1) is 21.5 Å². The lowest BCUT2D eigenvalue weighted by molar-refractivity contribution is 0.00698. The van der Waals surface area contributed by atoms with Crippen LogP contribution in [-0.2, 0) is 0 Å². The highest BCUT2D eigenvalue weighted by atomic mass is 79.9. The normalized spacial score (nSPS) is 13.2. The van der Waals surface area contributed by atoms with Gasteiger partial charge >= 0.3 is 5.97 Å². The highest BCUT2D eigenvalue weighted by Gasteiger charge is 2.33. The summed E-state index contributed by atoms with van der Waals surface area (Å²) < 4.78 is 28.5. The van der Waals surface area contributed by atoms with Gasteiger partial charge in [-0.2, -0.15) is 0 Å². The Bertz CT molecular complexity index is 832. The second-order valence-corrected chi connectivity index (χ2v) is 7.18. The van der Waals surface area contributed by atoms with Crippen LogP contribution in [0.15, 0.2) is 46.9 Å². The van der Waals surface area contributed by atoms with Gasteiger partial charge in [-0.1, -0.05) is 47.5 Å². The Morgan fingerprint density at radius 1 is 1.20 bits per heavy atom. The summed E-state index contributed by atoms with van der Waals surface area (Å²) >= 11 is 14.9. The van der Waals surface area contributed by atoms with Crippen molar-refractivity contribution in [3.05, 3.63) is 73.7 Å². The molecule has 0 fully saturated rings. The minimum Gasteiger partial charge on any atom is -0.478 e. The van der Waals surface area contributed by atoms with E-state index in [9.17, 15) is 13.6 Å².